The van der Waals surface area contributed by atoms with Crippen molar-refractivity contribution >= 4 is 17.7 Å². The molecule has 1 saturated heterocycles. The van der Waals surface area contributed by atoms with Crippen LogP contribution in [-0.2, 0) is 14.3 Å². The number of rotatable bonds is 5. The van der Waals surface area contributed by atoms with Crippen LogP contribution in [0.15, 0.2) is 0 Å². The molecule has 0 spiro atoms. The van der Waals surface area contributed by atoms with E-state index < -0.39 is 0 Å². The number of hydrogen-bond donors (Lipinski definition) is 0. The molecule has 0 bridgehead atoms. The van der Waals surface area contributed by atoms with Gasteiger partial charge in [-0.1, -0.05) is 6.92 Å². The first-order valence-electron chi connectivity index (χ1n) is 5.27. The second kappa shape index (κ2) is 7.09. The molecule has 0 aliphatic carbocycles. The van der Waals surface area contributed by atoms with Gasteiger partial charge in [0.1, 0.15) is 6.04 Å². The Bertz CT molecular complexity index is 201. The van der Waals surface area contributed by atoms with Gasteiger partial charge >= 0.3 is 5.97 Å². The van der Waals surface area contributed by atoms with Crippen molar-refractivity contribution in [2.75, 3.05) is 44.9 Å². The van der Waals surface area contributed by atoms with E-state index in [2.05, 4.69) is 11.8 Å². The molecule has 1 aliphatic rings. The topological polar surface area (TPSA) is 38.8 Å². The molecule has 88 valence electrons. The van der Waals surface area contributed by atoms with Gasteiger partial charge in [-0.25, -0.2) is 0 Å². The van der Waals surface area contributed by atoms with Crippen molar-refractivity contribution in [3.05, 3.63) is 0 Å². The second-order valence-electron chi connectivity index (χ2n) is 3.35. The van der Waals surface area contributed by atoms with E-state index in [1.54, 1.807) is 0 Å². The zero-order valence-corrected chi connectivity index (χ0v) is 10.2. The van der Waals surface area contributed by atoms with Crippen LogP contribution in [0, 0.1) is 0 Å². The minimum atomic E-state index is -0.207. The Labute approximate surface area is 95.3 Å². The lowest BCUT2D eigenvalue weighted by Gasteiger charge is -2.33. The molecular weight excluding hydrogens is 214 g/mol. The zero-order chi connectivity index (χ0) is 11.1. The maximum absolute atomic E-state index is 11.5. The van der Waals surface area contributed by atoms with Crippen LogP contribution in [0.3, 0.4) is 0 Å². The summed E-state index contributed by atoms with van der Waals surface area (Å²) in [6.45, 7) is 5.07. The Balaban J connectivity index is 2.39. The number of ether oxygens (including phenoxy) is 2. The highest BCUT2D eigenvalue weighted by Crippen LogP contribution is 2.10. The van der Waals surface area contributed by atoms with Crippen LogP contribution in [-0.4, -0.2) is 61.8 Å². The summed E-state index contributed by atoms with van der Waals surface area (Å²) in [5.41, 5.74) is 0. The summed E-state index contributed by atoms with van der Waals surface area (Å²) < 4.78 is 10.1. The molecular formula is C10H19NO3S. The molecule has 1 heterocycles. The maximum Gasteiger partial charge on any atom is 0.325 e. The maximum atomic E-state index is 11.5. The Morgan fingerprint density at radius 3 is 3.13 bits per heavy atom. The fourth-order valence-electron chi connectivity index (χ4n) is 1.58. The first-order valence-corrected chi connectivity index (χ1v) is 6.42. The number of carbonyl (C=O) groups is 1. The fraction of sp³-hybridized carbons (Fsp3) is 0.900. The average molecular weight is 233 g/mol. The number of morpholine rings is 1. The molecule has 1 unspecified atom stereocenters. The number of thioether (sulfide) groups is 1. The first kappa shape index (κ1) is 12.8. The third-order valence-corrected chi connectivity index (χ3v) is 3.32. The number of hydrogen-bond acceptors (Lipinski definition) is 5. The van der Waals surface area contributed by atoms with Crippen molar-refractivity contribution in [3.63, 3.8) is 0 Å². The van der Waals surface area contributed by atoms with E-state index in [9.17, 15) is 4.79 Å². The summed E-state index contributed by atoms with van der Waals surface area (Å²) in [5, 5.41) is 0. The van der Waals surface area contributed by atoms with Gasteiger partial charge < -0.3 is 9.47 Å². The van der Waals surface area contributed by atoms with Gasteiger partial charge in [-0.2, -0.15) is 11.8 Å². The molecule has 4 nitrogen and oxygen atoms in total. The van der Waals surface area contributed by atoms with E-state index in [-0.39, 0.29) is 12.0 Å². The zero-order valence-electron chi connectivity index (χ0n) is 9.40. The lowest BCUT2D eigenvalue weighted by atomic mass is 10.2. The van der Waals surface area contributed by atoms with Crippen molar-refractivity contribution in [2.45, 2.75) is 13.0 Å². The van der Waals surface area contributed by atoms with Crippen molar-refractivity contribution in [2.24, 2.45) is 0 Å². The Hall–Kier alpha value is -0.260. The molecule has 1 rings (SSSR count). The summed E-state index contributed by atoms with van der Waals surface area (Å²) in [4.78, 5) is 13.6. The normalized spacial score (nSPS) is 22.7. The summed E-state index contributed by atoms with van der Waals surface area (Å²) in [7, 11) is 1.43. The van der Waals surface area contributed by atoms with E-state index in [4.69, 9.17) is 9.47 Å². The molecule has 5 heteroatoms. The number of methoxy groups -OCH3 is 1. The van der Waals surface area contributed by atoms with E-state index in [0.29, 0.717) is 13.2 Å². The van der Waals surface area contributed by atoms with Crippen LogP contribution in [0.25, 0.3) is 0 Å². The van der Waals surface area contributed by atoms with Gasteiger partial charge in [-0.05, 0) is 5.75 Å². The lowest BCUT2D eigenvalue weighted by Crippen LogP contribution is -2.51. The van der Waals surface area contributed by atoms with Gasteiger partial charge in [-0.15, -0.1) is 0 Å². The third-order valence-electron chi connectivity index (χ3n) is 2.44. The highest BCUT2D eigenvalue weighted by molar-refractivity contribution is 7.99. The smallest absolute Gasteiger partial charge is 0.325 e. The molecule has 0 saturated carbocycles. The van der Waals surface area contributed by atoms with Gasteiger partial charge in [0.15, 0.2) is 0 Å². The number of nitrogens with zero attached hydrogens (tertiary/aromatic N) is 1. The Kier molecular flexibility index (Phi) is 6.05. The molecule has 0 aromatic heterocycles. The van der Waals surface area contributed by atoms with Crippen LogP contribution in [0.5, 0.6) is 0 Å². The number of esters is 1. The molecule has 1 atom stereocenters. The molecule has 1 fully saturated rings. The van der Waals surface area contributed by atoms with E-state index in [1.165, 1.54) is 7.11 Å². The van der Waals surface area contributed by atoms with Gasteiger partial charge in [0.05, 0.1) is 20.3 Å². The minimum Gasteiger partial charge on any atom is -0.468 e. The SMILES string of the molecule is CCSCCN1CCOCC1C(=O)OC. The molecule has 0 radical (unpaired) electrons. The largest absolute Gasteiger partial charge is 0.468 e. The Morgan fingerprint density at radius 2 is 2.47 bits per heavy atom. The van der Waals surface area contributed by atoms with Crippen LogP contribution in [0.4, 0.5) is 0 Å². The molecule has 0 amide bonds. The van der Waals surface area contributed by atoms with Crippen molar-refractivity contribution in [1.29, 1.82) is 0 Å². The minimum absolute atomic E-state index is 0.184. The summed E-state index contributed by atoms with van der Waals surface area (Å²) >= 11 is 1.89. The monoisotopic (exact) mass is 233 g/mol. The highest BCUT2D eigenvalue weighted by atomic mass is 32.2. The van der Waals surface area contributed by atoms with Crippen LogP contribution < -0.4 is 0 Å². The molecule has 0 N–H and O–H groups in total. The average Bonchev–Trinajstić information content (AvgIpc) is 2.29. The second-order valence-corrected chi connectivity index (χ2v) is 4.74. The molecule has 0 aromatic carbocycles. The Morgan fingerprint density at radius 1 is 1.67 bits per heavy atom. The van der Waals surface area contributed by atoms with Crippen molar-refractivity contribution < 1.29 is 14.3 Å². The summed E-state index contributed by atoms with van der Waals surface area (Å²) in [5.74, 6) is 1.99. The standard InChI is InChI=1S/C10H19NO3S/c1-3-15-7-5-11-4-6-14-8-9(11)10(12)13-2/h9H,3-8H2,1-2H3. The van der Waals surface area contributed by atoms with Crippen molar-refractivity contribution in [1.82, 2.24) is 4.90 Å². The summed E-state index contributed by atoms with van der Waals surface area (Å²) in [6.07, 6.45) is 0. The van der Waals surface area contributed by atoms with Gasteiger partial charge in [0.25, 0.3) is 0 Å². The predicted octanol–water partition coefficient (Wildman–Crippen LogP) is 0.613. The highest BCUT2D eigenvalue weighted by Gasteiger charge is 2.29. The van der Waals surface area contributed by atoms with Crippen molar-refractivity contribution in [3.8, 4) is 0 Å². The third kappa shape index (κ3) is 4.01. The molecule has 15 heavy (non-hydrogen) atoms. The van der Waals surface area contributed by atoms with Crippen LogP contribution in [0.2, 0.25) is 0 Å². The van der Waals surface area contributed by atoms with Crippen LogP contribution >= 0.6 is 11.8 Å². The fourth-order valence-corrected chi connectivity index (χ4v) is 2.24. The molecule has 0 aromatic rings. The van der Waals surface area contributed by atoms with E-state index in [1.807, 2.05) is 11.8 Å². The quantitative estimate of drug-likeness (QED) is 0.514. The predicted molar refractivity (Wildman–Crippen MR) is 61.2 cm³/mol. The van der Waals surface area contributed by atoms with E-state index >= 15 is 0 Å². The van der Waals surface area contributed by atoms with Gasteiger partial charge in [-0.3, -0.25) is 9.69 Å². The lowest BCUT2D eigenvalue weighted by molar-refractivity contribution is -0.153. The van der Waals surface area contributed by atoms with E-state index in [0.717, 1.165) is 24.6 Å². The number of carbonyl (C=O) groups excluding carboxylic acids is 1. The summed E-state index contributed by atoms with van der Waals surface area (Å²) in [6, 6.07) is -0.207. The van der Waals surface area contributed by atoms with Gasteiger partial charge in [0, 0.05) is 18.8 Å². The van der Waals surface area contributed by atoms with Gasteiger partial charge in [0.2, 0.25) is 0 Å². The molecule has 1 aliphatic heterocycles. The van der Waals surface area contributed by atoms with Crippen LogP contribution in [0.1, 0.15) is 6.92 Å². The first-order chi connectivity index (χ1) is 7.29.